The molecule has 0 saturated carbocycles. The van der Waals surface area contributed by atoms with Gasteiger partial charge in [0.25, 0.3) is 0 Å². The van der Waals surface area contributed by atoms with Gasteiger partial charge in [0.15, 0.2) is 0 Å². The van der Waals surface area contributed by atoms with E-state index in [-0.39, 0.29) is 11.8 Å². The zero-order chi connectivity index (χ0) is 13.9. The van der Waals surface area contributed by atoms with Crippen LogP contribution in [-0.2, 0) is 9.59 Å². The molecular formula is C15H27NO3. The van der Waals surface area contributed by atoms with E-state index in [1.807, 2.05) is 0 Å². The predicted octanol–water partition coefficient (Wildman–Crippen LogP) is 2.64. The minimum atomic E-state index is 0.00823. The number of hydrogen-bond acceptors (Lipinski definition) is 3. The number of imide groups is 1. The third-order valence-corrected chi connectivity index (χ3v) is 3.69. The van der Waals surface area contributed by atoms with Crippen molar-refractivity contribution in [1.82, 2.24) is 4.90 Å². The summed E-state index contributed by atoms with van der Waals surface area (Å²) in [5, 5.41) is 8.64. The second kappa shape index (κ2) is 9.96. The fourth-order valence-electron chi connectivity index (χ4n) is 2.49. The van der Waals surface area contributed by atoms with Gasteiger partial charge in [-0.2, -0.15) is 0 Å². The highest BCUT2D eigenvalue weighted by molar-refractivity contribution is 6.01. The molecule has 0 bridgehead atoms. The van der Waals surface area contributed by atoms with E-state index in [4.69, 9.17) is 5.11 Å². The summed E-state index contributed by atoms with van der Waals surface area (Å²) in [6.45, 7) is 0.933. The van der Waals surface area contributed by atoms with Crippen molar-refractivity contribution in [2.45, 2.75) is 70.6 Å². The predicted molar refractivity (Wildman–Crippen MR) is 74.6 cm³/mol. The summed E-state index contributed by atoms with van der Waals surface area (Å²) in [7, 11) is 0. The fraction of sp³-hybridized carbons (Fsp3) is 0.867. The molecule has 0 aromatic carbocycles. The van der Waals surface area contributed by atoms with Crippen molar-refractivity contribution in [3.05, 3.63) is 0 Å². The van der Waals surface area contributed by atoms with Crippen LogP contribution in [0.4, 0.5) is 0 Å². The van der Waals surface area contributed by atoms with Gasteiger partial charge in [0.05, 0.1) is 0 Å². The number of nitrogens with zero attached hydrogens (tertiary/aromatic N) is 1. The first kappa shape index (κ1) is 16.2. The molecule has 1 rings (SSSR count). The van der Waals surface area contributed by atoms with Gasteiger partial charge >= 0.3 is 0 Å². The lowest BCUT2D eigenvalue weighted by Gasteiger charge is -2.12. The minimum Gasteiger partial charge on any atom is -0.396 e. The lowest BCUT2D eigenvalue weighted by molar-refractivity contribution is -0.138. The van der Waals surface area contributed by atoms with Crippen molar-refractivity contribution in [3.63, 3.8) is 0 Å². The summed E-state index contributed by atoms with van der Waals surface area (Å²) < 4.78 is 0. The van der Waals surface area contributed by atoms with Gasteiger partial charge in [-0.05, 0) is 12.8 Å². The highest BCUT2D eigenvalue weighted by atomic mass is 16.3. The largest absolute Gasteiger partial charge is 0.396 e. The van der Waals surface area contributed by atoms with Crippen LogP contribution >= 0.6 is 0 Å². The average Bonchev–Trinajstić information content (AvgIpc) is 2.72. The molecule has 2 amide bonds. The van der Waals surface area contributed by atoms with Gasteiger partial charge in [-0.3, -0.25) is 14.5 Å². The number of unbranched alkanes of at least 4 members (excludes halogenated alkanes) is 8. The summed E-state index contributed by atoms with van der Waals surface area (Å²) in [5.41, 5.74) is 0. The molecule has 0 spiro atoms. The monoisotopic (exact) mass is 269 g/mol. The Morgan fingerprint density at radius 3 is 1.63 bits per heavy atom. The second-order valence-electron chi connectivity index (χ2n) is 5.34. The number of carbonyl (C=O) groups is 2. The van der Waals surface area contributed by atoms with Crippen LogP contribution in [0.25, 0.3) is 0 Å². The molecule has 1 aliphatic rings. The Hall–Kier alpha value is -0.900. The smallest absolute Gasteiger partial charge is 0.229 e. The summed E-state index contributed by atoms with van der Waals surface area (Å²) in [6, 6.07) is 0. The Morgan fingerprint density at radius 2 is 1.16 bits per heavy atom. The van der Waals surface area contributed by atoms with Gasteiger partial charge in [-0.15, -0.1) is 0 Å². The minimum absolute atomic E-state index is 0.00823. The van der Waals surface area contributed by atoms with Crippen LogP contribution in [0.5, 0.6) is 0 Å². The normalized spacial score (nSPS) is 15.5. The van der Waals surface area contributed by atoms with Crippen molar-refractivity contribution in [3.8, 4) is 0 Å². The maximum atomic E-state index is 11.4. The van der Waals surface area contributed by atoms with Crippen LogP contribution in [0, 0.1) is 0 Å². The molecule has 0 aromatic heterocycles. The highest BCUT2D eigenvalue weighted by Crippen LogP contribution is 2.14. The molecule has 0 aromatic rings. The van der Waals surface area contributed by atoms with Crippen LogP contribution < -0.4 is 0 Å². The molecular weight excluding hydrogens is 242 g/mol. The molecule has 1 heterocycles. The quantitative estimate of drug-likeness (QED) is 0.463. The number of hydrogen-bond donors (Lipinski definition) is 1. The molecule has 0 radical (unpaired) electrons. The number of rotatable bonds is 11. The van der Waals surface area contributed by atoms with Gasteiger partial charge in [0, 0.05) is 26.0 Å². The Labute approximate surface area is 116 Å². The van der Waals surface area contributed by atoms with Crippen molar-refractivity contribution in [2.24, 2.45) is 0 Å². The lowest BCUT2D eigenvalue weighted by Crippen LogP contribution is -2.29. The van der Waals surface area contributed by atoms with E-state index in [9.17, 15) is 9.59 Å². The zero-order valence-corrected chi connectivity index (χ0v) is 11.9. The van der Waals surface area contributed by atoms with Crippen molar-refractivity contribution in [2.75, 3.05) is 13.2 Å². The van der Waals surface area contributed by atoms with Crippen LogP contribution in [-0.4, -0.2) is 35.0 Å². The van der Waals surface area contributed by atoms with Crippen LogP contribution in [0.15, 0.2) is 0 Å². The number of aliphatic hydroxyl groups is 1. The summed E-state index contributed by atoms with van der Waals surface area (Å²) in [5.74, 6) is 0.0165. The van der Waals surface area contributed by atoms with Crippen LogP contribution in [0.2, 0.25) is 0 Å². The molecule has 1 saturated heterocycles. The van der Waals surface area contributed by atoms with E-state index in [2.05, 4.69) is 0 Å². The molecule has 0 unspecified atom stereocenters. The summed E-state index contributed by atoms with van der Waals surface area (Å²) in [6.07, 6.45) is 11.1. The Morgan fingerprint density at radius 1 is 0.737 bits per heavy atom. The van der Waals surface area contributed by atoms with Gasteiger partial charge in [0.2, 0.25) is 11.8 Å². The van der Waals surface area contributed by atoms with Crippen LogP contribution in [0.3, 0.4) is 0 Å². The molecule has 1 N–H and O–H groups in total. The van der Waals surface area contributed by atoms with E-state index < -0.39 is 0 Å². The summed E-state index contributed by atoms with van der Waals surface area (Å²) in [4.78, 5) is 24.2. The number of likely N-dealkylation sites (tertiary alicyclic amines) is 1. The van der Waals surface area contributed by atoms with E-state index in [1.165, 1.54) is 37.0 Å². The first-order valence-corrected chi connectivity index (χ1v) is 7.70. The molecule has 0 aliphatic carbocycles. The van der Waals surface area contributed by atoms with Gasteiger partial charge in [-0.1, -0.05) is 44.9 Å². The first-order valence-electron chi connectivity index (χ1n) is 7.70. The third kappa shape index (κ3) is 6.71. The molecule has 1 fully saturated rings. The van der Waals surface area contributed by atoms with Crippen LogP contribution in [0.1, 0.15) is 70.6 Å². The molecule has 19 heavy (non-hydrogen) atoms. The molecule has 1 aliphatic heterocycles. The third-order valence-electron chi connectivity index (χ3n) is 3.69. The zero-order valence-electron chi connectivity index (χ0n) is 11.9. The fourth-order valence-corrected chi connectivity index (χ4v) is 2.49. The van der Waals surface area contributed by atoms with Crippen molar-refractivity contribution < 1.29 is 14.7 Å². The number of carbonyl (C=O) groups excluding carboxylic acids is 2. The SMILES string of the molecule is O=C1CCC(=O)N1CCCCCCCCCCCO. The van der Waals surface area contributed by atoms with Crippen molar-refractivity contribution in [1.29, 1.82) is 0 Å². The Balaban J connectivity index is 1.86. The number of amides is 2. The second-order valence-corrected chi connectivity index (χ2v) is 5.34. The highest BCUT2D eigenvalue weighted by Gasteiger charge is 2.27. The molecule has 4 heteroatoms. The Kier molecular flexibility index (Phi) is 8.47. The lowest BCUT2D eigenvalue weighted by atomic mass is 10.1. The molecule has 0 atom stereocenters. The van der Waals surface area contributed by atoms with E-state index >= 15 is 0 Å². The summed E-state index contributed by atoms with van der Waals surface area (Å²) >= 11 is 0. The Bertz CT molecular complexity index is 263. The van der Waals surface area contributed by atoms with Gasteiger partial charge in [0.1, 0.15) is 0 Å². The number of aliphatic hydroxyl groups excluding tert-OH is 1. The van der Waals surface area contributed by atoms with Gasteiger partial charge < -0.3 is 5.11 Å². The van der Waals surface area contributed by atoms with E-state index in [0.717, 1.165) is 25.7 Å². The van der Waals surface area contributed by atoms with E-state index in [1.54, 1.807) is 0 Å². The maximum absolute atomic E-state index is 11.4. The average molecular weight is 269 g/mol. The topological polar surface area (TPSA) is 57.6 Å². The standard InChI is InChI=1S/C15H27NO3/c17-13-9-7-5-3-1-2-4-6-8-12-16-14(18)10-11-15(16)19/h17H,1-13H2. The van der Waals surface area contributed by atoms with E-state index in [0.29, 0.717) is 26.0 Å². The molecule has 4 nitrogen and oxygen atoms in total. The molecule has 110 valence electrons. The van der Waals surface area contributed by atoms with Crippen molar-refractivity contribution >= 4 is 11.8 Å². The van der Waals surface area contributed by atoms with Gasteiger partial charge in [-0.25, -0.2) is 0 Å². The maximum Gasteiger partial charge on any atom is 0.229 e. The first-order chi connectivity index (χ1) is 9.25.